The van der Waals surface area contributed by atoms with Crippen molar-refractivity contribution < 1.29 is 27.9 Å². The Morgan fingerprint density at radius 3 is 2.70 bits per heavy atom. The zero-order valence-corrected chi connectivity index (χ0v) is 14.8. The van der Waals surface area contributed by atoms with Crippen LogP contribution in [0.15, 0.2) is 18.2 Å². The first-order valence-corrected chi connectivity index (χ1v) is 8.60. The highest BCUT2D eigenvalue weighted by Gasteiger charge is 2.40. The number of carbonyl (C=O) groups is 2. The van der Waals surface area contributed by atoms with Crippen molar-refractivity contribution in [3.63, 3.8) is 0 Å². The Morgan fingerprint density at radius 1 is 1.41 bits per heavy atom. The summed E-state index contributed by atoms with van der Waals surface area (Å²) in [5.41, 5.74) is 8.40. The maximum Gasteiger partial charge on any atom is 0.322 e. The number of nitrogens with zero attached hydrogens (tertiary/aromatic N) is 1. The summed E-state index contributed by atoms with van der Waals surface area (Å²) in [5, 5.41) is 12.7. The second-order valence-electron chi connectivity index (χ2n) is 6.43. The number of hydrogen-bond acceptors (Lipinski definition) is 5. The Hall–Kier alpha value is -2.17. The van der Waals surface area contributed by atoms with Crippen molar-refractivity contribution >= 4 is 11.9 Å². The third-order valence-corrected chi connectivity index (χ3v) is 4.38. The summed E-state index contributed by atoms with van der Waals surface area (Å²) < 4.78 is 40.9. The number of hydrogen-bond donors (Lipinski definition) is 4. The van der Waals surface area contributed by atoms with Crippen LogP contribution in [-0.2, 0) is 4.79 Å². The summed E-state index contributed by atoms with van der Waals surface area (Å²) in [7, 11) is 0. The maximum absolute atomic E-state index is 14.1. The first-order chi connectivity index (χ1) is 12.7. The van der Waals surface area contributed by atoms with Gasteiger partial charge in [0.2, 0.25) is 6.43 Å². The average Bonchev–Trinajstić information content (AvgIpc) is 3.03. The Morgan fingerprint density at radius 2 is 2.11 bits per heavy atom. The van der Waals surface area contributed by atoms with E-state index in [2.05, 4.69) is 10.7 Å². The van der Waals surface area contributed by atoms with Crippen molar-refractivity contribution in [2.45, 2.75) is 31.9 Å². The van der Waals surface area contributed by atoms with Gasteiger partial charge in [-0.25, -0.2) is 18.2 Å². The van der Waals surface area contributed by atoms with Gasteiger partial charge in [0.15, 0.2) is 0 Å². The van der Waals surface area contributed by atoms with Crippen LogP contribution in [0.1, 0.15) is 35.3 Å². The number of rotatable bonds is 8. The number of aliphatic carboxylic acids is 1. The zero-order valence-electron chi connectivity index (χ0n) is 14.8. The molecule has 0 aromatic heterocycles. The van der Waals surface area contributed by atoms with Gasteiger partial charge in [-0.3, -0.25) is 15.0 Å². The number of halogens is 3. The minimum absolute atomic E-state index is 0.0494. The molecule has 1 fully saturated rings. The molecule has 1 saturated heterocycles. The molecular weight excluding hydrogens is 365 g/mol. The Bertz CT molecular complexity index is 689. The molecule has 1 amide bonds. The summed E-state index contributed by atoms with van der Waals surface area (Å²) in [6.07, 6.45) is -1.91. The molecule has 0 spiro atoms. The monoisotopic (exact) mass is 388 g/mol. The molecule has 1 aliphatic heterocycles. The molecule has 1 aliphatic rings. The van der Waals surface area contributed by atoms with Crippen LogP contribution in [0, 0.1) is 11.7 Å². The van der Waals surface area contributed by atoms with E-state index in [4.69, 9.17) is 10.8 Å². The smallest absolute Gasteiger partial charge is 0.322 e. The van der Waals surface area contributed by atoms with E-state index < -0.39 is 42.1 Å². The van der Waals surface area contributed by atoms with Crippen LogP contribution >= 0.6 is 0 Å². The maximum atomic E-state index is 14.1. The number of carboxylic acid groups (broad SMARTS) is 1. The lowest BCUT2D eigenvalue weighted by atomic mass is 9.93. The summed E-state index contributed by atoms with van der Waals surface area (Å²) in [6, 6.07) is 1.36. The lowest BCUT2D eigenvalue weighted by Crippen LogP contribution is -2.42. The van der Waals surface area contributed by atoms with Crippen molar-refractivity contribution in [2.75, 3.05) is 19.6 Å². The molecule has 2 rings (SSSR count). The molecule has 1 aromatic rings. The van der Waals surface area contributed by atoms with E-state index >= 15 is 0 Å². The number of carbonyl (C=O) groups excluding carboxylic acids is 1. The molecule has 7 nitrogen and oxygen atoms in total. The predicted molar refractivity (Wildman–Crippen MR) is 91.6 cm³/mol. The molecule has 27 heavy (non-hydrogen) atoms. The van der Waals surface area contributed by atoms with Crippen LogP contribution < -0.4 is 16.5 Å². The Kier molecular flexibility index (Phi) is 7.17. The molecule has 0 bridgehead atoms. The van der Waals surface area contributed by atoms with Crippen LogP contribution in [0.5, 0.6) is 0 Å². The van der Waals surface area contributed by atoms with Gasteiger partial charge >= 0.3 is 5.97 Å². The van der Waals surface area contributed by atoms with E-state index in [0.29, 0.717) is 13.0 Å². The fraction of sp³-hybridized carbons (Fsp3) is 0.529. The lowest BCUT2D eigenvalue weighted by molar-refractivity contribution is -0.138. The second kappa shape index (κ2) is 9.16. The van der Waals surface area contributed by atoms with Crippen LogP contribution in [0.25, 0.3) is 0 Å². The molecule has 1 heterocycles. The molecule has 10 heteroatoms. The van der Waals surface area contributed by atoms with Crippen molar-refractivity contribution in [3.8, 4) is 0 Å². The first kappa shape index (κ1) is 21.1. The third-order valence-electron chi connectivity index (χ3n) is 4.38. The van der Waals surface area contributed by atoms with Gasteiger partial charge in [0.25, 0.3) is 5.91 Å². The van der Waals surface area contributed by atoms with Crippen molar-refractivity contribution in [1.29, 1.82) is 0 Å². The van der Waals surface area contributed by atoms with E-state index in [1.807, 2.05) is 6.92 Å². The molecule has 5 N–H and O–H groups in total. The Labute approximate surface area is 154 Å². The minimum atomic E-state index is -2.61. The van der Waals surface area contributed by atoms with Gasteiger partial charge in [0.05, 0.1) is 12.0 Å². The fourth-order valence-electron chi connectivity index (χ4n) is 3.08. The highest BCUT2D eigenvalue weighted by Crippen LogP contribution is 2.36. The molecule has 0 aliphatic carbocycles. The van der Waals surface area contributed by atoms with Crippen molar-refractivity contribution in [3.05, 3.63) is 35.1 Å². The average molecular weight is 388 g/mol. The summed E-state index contributed by atoms with van der Waals surface area (Å²) in [5.74, 6) is -3.80. The number of benzene rings is 1. The van der Waals surface area contributed by atoms with E-state index in [0.717, 1.165) is 12.1 Å². The Balaban J connectivity index is 2.26. The minimum Gasteiger partial charge on any atom is -0.480 e. The van der Waals surface area contributed by atoms with Gasteiger partial charge < -0.3 is 16.2 Å². The highest BCUT2D eigenvalue weighted by molar-refractivity contribution is 5.94. The van der Waals surface area contributed by atoms with Crippen molar-refractivity contribution in [2.24, 2.45) is 11.7 Å². The fourth-order valence-corrected chi connectivity index (χ4v) is 3.08. The van der Waals surface area contributed by atoms with Crippen LogP contribution in [0.3, 0.4) is 0 Å². The molecule has 0 saturated carbocycles. The van der Waals surface area contributed by atoms with Gasteiger partial charge in [-0.2, -0.15) is 0 Å². The normalized spacial score (nSPS) is 21.4. The predicted octanol–water partition coefficient (Wildman–Crippen LogP) is 1.12. The van der Waals surface area contributed by atoms with Gasteiger partial charge in [0, 0.05) is 25.2 Å². The zero-order chi connectivity index (χ0) is 20.1. The summed E-state index contributed by atoms with van der Waals surface area (Å²) in [4.78, 5) is 22.9. The van der Waals surface area contributed by atoms with E-state index in [1.165, 1.54) is 6.07 Å². The number of alkyl halides is 2. The molecular formula is C17H23F3N4O3. The third kappa shape index (κ3) is 5.18. The summed E-state index contributed by atoms with van der Waals surface area (Å²) in [6.45, 7) is 2.09. The van der Waals surface area contributed by atoms with Gasteiger partial charge in [-0.05, 0) is 30.2 Å². The molecule has 0 radical (unpaired) electrons. The molecule has 3 atom stereocenters. The van der Waals surface area contributed by atoms with Crippen LogP contribution in [0.4, 0.5) is 13.2 Å². The number of carboxylic acids is 1. The van der Waals surface area contributed by atoms with Gasteiger partial charge in [-0.1, -0.05) is 6.92 Å². The SMILES string of the molecule is CCCN1NCC(C(F)F)C1c1cc(F)cc(C(=O)NC[C@@H](N)C(=O)O)c1. The largest absolute Gasteiger partial charge is 0.480 e. The summed E-state index contributed by atoms with van der Waals surface area (Å²) >= 11 is 0. The lowest BCUT2D eigenvalue weighted by Gasteiger charge is -2.27. The molecule has 150 valence electrons. The van der Waals surface area contributed by atoms with Crippen LogP contribution in [-0.4, -0.2) is 54.1 Å². The number of hydrazine groups is 1. The highest BCUT2D eigenvalue weighted by atomic mass is 19.3. The standard InChI is InChI=1S/C17H23F3N4O3/c1-2-3-24-14(12(7-23-24)15(19)20)9-4-10(6-11(18)5-9)16(25)22-8-13(21)17(26)27/h4-6,12-15,23H,2-3,7-8,21H2,1H3,(H,22,25)(H,26,27)/t12?,13-,14?/m1/s1. The van der Waals surface area contributed by atoms with E-state index in [9.17, 15) is 22.8 Å². The first-order valence-electron chi connectivity index (χ1n) is 8.60. The molecule has 1 aromatic carbocycles. The van der Waals surface area contributed by atoms with Crippen molar-refractivity contribution in [1.82, 2.24) is 15.8 Å². The number of nitrogens with two attached hydrogens (primary N) is 1. The van der Waals surface area contributed by atoms with Gasteiger partial charge in [0.1, 0.15) is 11.9 Å². The van der Waals surface area contributed by atoms with Crippen LogP contribution in [0.2, 0.25) is 0 Å². The van der Waals surface area contributed by atoms with E-state index in [-0.39, 0.29) is 24.2 Å². The number of amides is 1. The topological polar surface area (TPSA) is 108 Å². The quantitative estimate of drug-likeness (QED) is 0.532. The van der Waals surface area contributed by atoms with Gasteiger partial charge in [-0.15, -0.1) is 0 Å². The van der Waals surface area contributed by atoms with E-state index in [1.54, 1.807) is 5.01 Å². The second-order valence-corrected chi connectivity index (χ2v) is 6.43. The molecule has 2 unspecified atom stereocenters. The number of nitrogens with one attached hydrogen (secondary N) is 2.